The molecule has 1 aliphatic rings. The van der Waals surface area contributed by atoms with Gasteiger partial charge in [0.25, 0.3) is 0 Å². The van der Waals surface area contributed by atoms with Gasteiger partial charge in [0.05, 0.1) is 4.91 Å². The number of benzene rings is 2. The number of piperidine rings is 1. The highest BCUT2D eigenvalue weighted by molar-refractivity contribution is 7.96. The summed E-state index contributed by atoms with van der Waals surface area (Å²) in [6, 6.07) is 15.1. The van der Waals surface area contributed by atoms with E-state index in [1.54, 1.807) is 18.2 Å². The number of anilines is 1. The average Bonchev–Trinajstić information content (AvgIpc) is 2.82. The quantitative estimate of drug-likeness (QED) is 0.0421. The van der Waals surface area contributed by atoms with Gasteiger partial charge in [0.15, 0.2) is 18.8 Å². The third-order valence-electron chi connectivity index (χ3n) is 5.64. The maximum atomic E-state index is 10.4. The highest BCUT2D eigenvalue weighted by Crippen LogP contribution is 2.37. The van der Waals surface area contributed by atoms with E-state index in [0.29, 0.717) is 11.3 Å². The number of aliphatic hydroxyl groups is 2. The third kappa shape index (κ3) is 7.49. The van der Waals surface area contributed by atoms with Crippen molar-refractivity contribution >= 4 is 35.2 Å². The van der Waals surface area contributed by atoms with Crippen molar-refractivity contribution in [3.05, 3.63) is 77.4 Å². The normalized spacial score (nSPS) is 19.1. The van der Waals surface area contributed by atoms with Crippen molar-refractivity contribution in [1.82, 2.24) is 4.31 Å². The van der Waals surface area contributed by atoms with Gasteiger partial charge in [-0.25, -0.2) is 9.56 Å². The summed E-state index contributed by atoms with van der Waals surface area (Å²) in [6.45, 7) is 4.61. The molecule has 1 saturated heterocycles. The molecule has 0 bridgehead atoms. The lowest BCUT2D eigenvalue weighted by Crippen LogP contribution is -2.49. The molecule has 10 heteroatoms. The summed E-state index contributed by atoms with van der Waals surface area (Å²) >= 11 is 6.18. The molecule has 1 fully saturated rings. The van der Waals surface area contributed by atoms with Crippen LogP contribution in [0.25, 0.3) is 4.91 Å². The van der Waals surface area contributed by atoms with Crippen LogP contribution in [0.3, 0.4) is 0 Å². The van der Waals surface area contributed by atoms with Crippen LogP contribution in [-0.4, -0.2) is 44.8 Å². The van der Waals surface area contributed by atoms with Crippen LogP contribution >= 0.6 is 24.6 Å². The Kier molecular flexibility index (Phi) is 9.64. The fourth-order valence-corrected chi connectivity index (χ4v) is 5.33. The van der Waals surface area contributed by atoms with E-state index in [9.17, 15) is 5.11 Å². The Morgan fingerprint density at radius 2 is 2.03 bits per heavy atom. The zero-order chi connectivity index (χ0) is 25.4. The van der Waals surface area contributed by atoms with Gasteiger partial charge in [-0.15, -0.1) is 12.6 Å². The Balaban J connectivity index is 1.65. The van der Waals surface area contributed by atoms with Crippen LogP contribution in [0.2, 0.25) is 0 Å². The number of nitrogens with zero attached hydrogens (tertiary/aromatic N) is 1. The van der Waals surface area contributed by atoms with Crippen LogP contribution < -0.4 is 10.5 Å². The summed E-state index contributed by atoms with van der Waals surface area (Å²) in [5.41, 5.74) is 8.39. The van der Waals surface area contributed by atoms with E-state index in [1.807, 2.05) is 36.2 Å². The minimum atomic E-state index is -0.713. The maximum Gasteiger partial charge on any atom is 0.203 e. The van der Waals surface area contributed by atoms with Gasteiger partial charge in [0.2, 0.25) is 5.76 Å². The molecular formula is C25H32N2O6S2. The standard InChI is InChI=1S/C25H32N2O6S2/c1-25(2)13-21(9-10-27(25)35-15-17-5-3-7-19(26)11-17)33-20-8-4-6-18(12-20)24(34)23(29)22(14-32-30)31-16-28/h3-8,11-12,14,21,28-30,34H,9-10,13,15-16,26H2,1-2H3/b22-14-,24-23+. The minimum absolute atomic E-state index is 0.0291. The Bertz CT molecular complexity index is 1060. The Labute approximate surface area is 215 Å². The molecule has 0 amide bonds. The summed E-state index contributed by atoms with van der Waals surface area (Å²) in [6.07, 6.45) is 2.50. The number of ether oxygens (including phenoxy) is 2. The van der Waals surface area contributed by atoms with E-state index in [4.69, 9.17) is 25.6 Å². The van der Waals surface area contributed by atoms with Gasteiger partial charge in [-0.2, -0.15) is 0 Å². The second-order valence-corrected chi connectivity index (χ2v) is 10.2. The number of aliphatic hydroxyl groups excluding tert-OH is 2. The van der Waals surface area contributed by atoms with Gasteiger partial charge in [0.1, 0.15) is 11.9 Å². The lowest BCUT2D eigenvalue weighted by atomic mass is 9.91. The molecular weight excluding hydrogens is 488 g/mol. The monoisotopic (exact) mass is 520 g/mol. The van der Waals surface area contributed by atoms with Crippen molar-refractivity contribution < 1.29 is 29.8 Å². The number of thiol groups is 1. The van der Waals surface area contributed by atoms with Crippen molar-refractivity contribution in [2.24, 2.45) is 0 Å². The Morgan fingerprint density at radius 3 is 2.71 bits per heavy atom. The maximum absolute atomic E-state index is 10.4. The molecule has 1 heterocycles. The molecule has 0 saturated carbocycles. The van der Waals surface area contributed by atoms with E-state index in [0.717, 1.165) is 37.1 Å². The smallest absolute Gasteiger partial charge is 0.203 e. The van der Waals surface area contributed by atoms with E-state index in [2.05, 4.69) is 41.7 Å². The zero-order valence-electron chi connectivity index (χ0n) is 19.8. The first-order valence-corrected chi connectivity index (χ1v) is 12.5. The van der Waals surface area contributed by atoms with Crippen LogP contribution in [-0.2, 0) is 15.4 Å². The van der Waals surface area contributed by atoms with Gasteiger partial charge in [-0.3, -0.25) is 0 Å². The fraction of sp³-hybridized carbons (Fsp3) is 0.360. The van der Waals surface area contributed by atoms with Gasteiger partial charge in [0, 0.05) is 29.9 Å². The summed E-state index contributed by atoms with van der Waals surface area (Å²) in [4.78, 5) is 4.07. The molecule has 1 aliphatic heterocycles. The summed E-state index contributed by atoms with van der Waals surface area (Å²) in [7, 11) is 0. The van der Waals surface area contributed by atoms with Crippen molar-refractivity contribution in [3.63, 3.8) is 0 Å². The van der Waals surface area contributed by atoms with Crippen LogP contribution in [0, 0.1) is 0 Å². The van der Waals surface area contributed by atoms with Crippen LogP contribution in [0.1, 0.15) is 37.8 Å². The van der Waals surface area contributed by atoms with E-state index in [1.165, 1.54) is 5.56 Å². The van der Waals surface area contributed by atoms with Crippen molar-refractivity contribution in [2.75, 3.05) is 19.1 Å². The van der Waals surface area contributed by atoms with E-state index in [-0.39, 0.29) is 22.3 Å². The van der Waals surface area contributed by atoms with E-state index < -0.39 is 12.6 Å². The first-order valence-electron chi connectivity index (χ1n) is 11.1. The molecule has 1 unspecified atom stereocenters. The number of hydrogen-bond donors (Lipinski definition) is 5. The number of nitrogens with two attached hydrogens (primary N) is 1. The lowest BCUT2D eigenvalue weighted by Gasteiger charge is -2.44. The molecule has 3 rings (SSSR count). The SMILES string of the molecule is CC1(C)CC(Oc2cccc(/C(S)=C(O)/C(=C/OO)OCO)c2)CCN1SCc1cccc(N)c1. The lowest BCUT2D eigenvalue weighted by molar-refractivity contribution is -0.190. The largest absolute Gasteiger partial charge is 0.503 e. The van der Waals surface area contributed by atoms with Gasteiger partial charge in [-0.05, 0) is 55.7 Å². The fourth-order valence-electron chi connectivity index (χ4n) is 3.94. The molecule has 0 radical (unpaired) electrons. The molecule has 2 aromatic carbocycles. The van der Waals surface area contributed by atoms with Crippen molar-refractivity contribution in [2.45, 2.75) is 44.1 Å². The predicted molar refractivity (Wildman–Crippen MR) is 142 cm³/mol. The average molecular weight is 521 g/mol. The third-order valence-corrected chi connectivity index (χ3v) is 7.56. The molecule has 190 valence electrons. The summed E-state index contributed by atoms with van der Waals surface area (Å²) in [5, 5.41) is 28.0. The topological polar surface area (TPSA) is 118 Å². The van der Waals surface area contributed by atoms with Crippen molar-refractivity contribution in [3.8, 4) is 5.75 Å². The predicted octanol–water partition coefficient (Wildman–Crippen LogP) is 5.19. The van der Waals surface area contributed by atoms with Crippen LogP contribution in [0.4, 0.5) is 5.69 Å². The highest BCUT2D eigenvalue weighted by atomic mass is 32.2. The molecule has 35 heavy (non-hydrogen) atoms. The molecule has 2 aromatic rings. The van der Waals surface area contributed by atoms with Gasteiger partial charge >= 0.3 is 0 Å². The minimum Gasteiger partial charge on any atom is -0.503 e. The Hall–Kier alpha value is -2.50. The molecule has 0 aromatic heterocycles. The van der Waals surface area contributed by atoms with Crippen LogP contribution in [0.5, 0.6) is 5.75 Å². The van der Waals surface area contributed by atoms with E-state index >= 15 is 0 Å². The second-order valence-electron chi connectivity index (χ2n) is 8.75. The van der Waals surface area contributed by atoms with Gasteiger partial charge in [-0.1, -0.05) is 36.2 Å². The first kappa shape index (κ1) is 27.1. The molecule has 8 nitrogen and oxygen atoms in total. The number of rotatable bonds is 10. The first-order chi connectivity index (χ1) is 16.7. The second kappa shape index (κ2) is 12.5. The Morgan fingerprint density at radius 1 is 1.26 bits per heavy atom. The molecule has 5 N–H and O–H groups in total. The zero-order valence-corrected chi connectivity index (χ0v) is 21.5. The summed E-state index contributed by atoms with van der Waals surface area (Å²) in [5.74, 6) is 0.840. The molecule has 1 atom stereocenters. The number of nitrogen functional groups attached to an aromatic ring is 1. The molecule has 0 spiro atoms. The number of hydrogen-bond acceptors (Lipinski definition) is 10. The van der Waals surface area contributed by atoms with Crippen LogP contribution in [0.15, 0.2) is 66.3 Å². The van der Waals surface area contributed by atoms with Gasteiger partial charge < -0.3 is 30.3 Å². The highest BCUT2D eigenvalue weighted by Gasteiger charge is 2.36. The molecule has 0 aliphatic carbocycles. The van der Waals surface area contributed by atoms with Crippen molar-refractivity contribution in [1.29, 1.82) is 0 Å². The summed E-state index contributed by atoms with van der Waals surface area (Å²) < 4.78 is 13.6.